The van der Waals surface area contributed by atoms with Crippen molar-refractivity contribution in [1.82, 2.24) is 20.6 Å². The van der Waals surface area contributed by atoms with Gasteiger partial charge in [-0.15, -0.1) is 0 Å². The van der Waals surface area contributed by atoms with E-state index in [0.29, 0.717) is 33.6 Å². The SMILES string of the molecule is O=C(N/N=C/c1ccc(Cl)cc1)c1ccc(Cc2n[nH]c(=O)c3cccnc23)cc1. The zero-order valence-corrected chi connectivity index (χ0v) is 16.4. The normalized spacial score (nSPS) is 11.1. The number of fused-ring (bicyclic) bond motifs is 1. The summed E-state index contributed by atoms with van der Waals surface area (Å²) in [6, 6.07) is 17.6. The van der Waals surface area contributed by atoms with Gasteiger partial charge in [-0.25, -0.2) is 10.5 Å². The van der Waals surface area contributed by atoms with Crippen molar-refractivity contribution in [3.05, 3.63) is 105 Å². The number of amides is 1. The van der Waals surface area contributed by atoms with Gasteiger partial charge in [-0.2, -0.15) is 10.2 Å². The molecule has 0 aliphatic rings. The fourth-order valence-electron chi connectivity index (χ4n) is 2.92. The molecule has 8 heteroatoms. The molecular weight excluding hydrogens is 402 g/mol. The van der Waals surface area contributed by atoms with Crippen molar-refractivity contribution in [3.8, 4) is 0 Å². The zero-order chi connectivity index (χ0) is 20.9. The molecule has 2 heterocycles. The Kier molecular flexibility index (Phi) is 5.63. The highest BCUT2D eigenvalue weighted by molar-refractivity contribution is 6.30. The molecule has 0 saturated heterocycles. The molecule has 0 unspecified atom stereocenters. The van der Waals surface area contributed by atoms with Crippen LogP contribution in [-0.2, 0) is 6.42 Å². The predicted molar refractivity (Wildman–Crippen MR) is 116 cm³/mol. The summed E-state index contributed by atoms with van der Waals surface area (Å²) in [7, 11) is 0. The average molecular weight is 418 g/mol. The Labute approximate surface area is 176 Å². The molecular formula is C22H16ClN5O2. The summed E-state index contributed by atoms with van der Waals surface area (Å²) in [6.07, 6.45) is 3.65. The van der Waals surface area contributed by atoms with Crippen LogP contribution in [0.15, 0.2) is 76.8 Å². The maximum atomic E-state index is 12.3. The van der Waals surface area contributed by atoms with Gasteiger partial charge in [0.2, 0.25) is 0 Å². The number of aromatic nitrogens is 3. The Morgan fingerprint density at radius 2 is 1.87 bits per heavy atom. The van der Waals surface area contributed by atoms with Crippen LogP contribution >= 0.6 is 11.6 Å². The third kappa shape index (κ3) is 4.42. The number of pyridine rings is 1. The van der Waals surface area contributed by atoms with Crippen molar-refractivity contribution in [3.63, 3.8) is 0 Å². The van der Waals surface area contributed by atoms with Gasteiger partial charge >= 0.3 is 0 Å². The van der Waals surface area contributed by atoms with E-state index in [-0.39, 0.29) is 11.5 Å². The van der Waals surface area contributed by atoms with E-state index in [2.05, 4.69) is 25.7 Å². The number of hydrogen-bond donors (Lipinski definition) is 2. The molecule has 0 saturated carbocycles. The lowest BCUT2D eigenvalue weighted by molar-refractivity contribution is 0.0955. The minimum absolute atomic E-state index is 0.270. The summed E-state index contributed by atoms with van der Waals surface area (Å²) in [5, 5.41) is 11.7. The first-order valence-corrected chi connectivity index (χ1v) is 9.48. The molecule has 0 aliphatic carbocycles. The number of benzene rings is 2. The van der Waals surface area contributed by atoms with Crippen LogP contribution in [0.1, 0.15) is 27.2 Å². The van der Waals surface area contributed by atoms with Crippen molar-refractivity contribution in [2.75, 3.05) is 0 Å². The number of halogens is 1. The van der Waals surface area contributed by atoms with Gasteiger partial charge in [-0.3, -0.25) is 14.6 Å². The molecule has 4 aromatic rings. The van der Waals surface area contributed by atoms with Crippen LogP contribution in [0.5, 0.6) is 0 Å². The number of H-pyrrole nitrogens is 1. The van der Waals surface area contributed by atoms with Crippen LogP contribution in [-0.4, -0.2) is 27.3 Å². The van der Waals surface area contributed by atoms with Crippen LogP contribution < -0.4 is 11.0 Å². The van der Waals surface area contributed by atoms with E-state index in [4.69, 9.17) is 11.6 Å². The number of aromatic amines is 1. The number of nitrogens with one attached hydrogen (secondary N) is 2. The molecule has 0 spiro atoms. The fourth-order valence-corrected chi connectivity index (χ4v) is 3.05. The first kappa shape index (κ1) is 19.5. The molecule has 0 fully saturated rings. The van der Waals surface area contributed by atoms with Gasteiger partial charge in [0.15, 0.2) is 0 Å². The Morgan fingerprint density at radius 3 is 2.63 bits per heavy atom. The van der Waals surface area contributed by atoms with E-state index in [0.717, 1.165) is 11.1 Å². The Morgan fingerprint density at radius 1 is 1.10 bits per heavy atom. The Hall–Kier alpha value is -3.84. The molecule has 0 atom stereocenters. The third-order valence-corrected chi connectivity index (χ3v) is 4.71. The van der Waals surface area contributed by atoms with Gasteiger partial charge in [0.1, 0.15) is 0 Å². The highest BCUT2D eigenvalue weighted by Gasteiger charge is 2.09. The van der Waals surface area contributed by atoms with E-state index in [1.165, 1.54) is 0 Å². The first-order chi connectivity index (χ1) is 14.6. The van der Waals surface area contributed by atoms with Crippen molar-refractivity contribution in [1.29, 1.82) is 0 Å². The Bertz CT molecular complexity index is 1280. The molecule has 2 aromatic heterocycles. The molecule has 0 aliphatic heterocycles. The largest absolute Gasteiger partial charge is 0.273 e. The van der Waals surface area contributed by atoms with Crippen LogP contribution in [0, 0.1) is 0 Å². The number of nitrogens with zero attached hydrogens (tertiary/aromatic N) is 3. The monoisotopic (exact) mass is 417 g/mol. The molecule has 2 aromatic carbocycles. The molecule has 2 N–H and O–H groups in total. The third-order valence-electron chi connectivity index (χ3n) is 4.46. The smallest absolute Gasteiger partial charge is 0.267 e. The van der Waals surface area contributed by atoms with E-state index in [1.54, 1.807) is 60.9 Å². The van der Waals surface area contributed by atoms with E-state index >= 15 is 0 Å². The Balaban J connectivity index is 1.44. The second-order valence-corrected chi connectivity index (χ2v) is 6.96. The predicted octanol–water partition coefficient (Wildman–Crippen LogP) is 3.33. The summed E-state index contributed by atoms with van der Waals surface area (Å²) in [5.74, 6) is -0.318. The highest BCUT2D eigenvalue weighted by Crippen LogP contribution is 2.15. The van der Waals surface area contributed by atoms with Crippen LogP contribution in [0.4, 0.5) is 0 Å². The van der Waals surface area contributed by atoms with Gasteiger partial charge in [0, 0.05) is 23.2 Å². The topological polar surface area (TPSA) is 100 Å². The lowest BCUT2D eigenvalue weighted by atomic mass is 10.1. The summed E-state index contributed by atoms with van der Waals surface area (Å²) in [5.41, 5.74) is 5.69. The van der Waals surface area contributed by atoms with Crippen molar-refractivity contribution < 1.29 is 4.79 Å². The maximum Gasteiger partial charge on any atom is 0.273 e. The van der Waals surface area contributed by atoms with Crippen molar-refractivity contribution in [2.24, 2.45) is 5.10 Å². The number of carbonyl (C=O) groups excluding carboxylic acids is 1. The highest BCUT2D eigenvalue weighted by atomic mass is 35.5. The molecule has 4 rings (SSSR count). The van der Waals surface area contributed by atoms with Crippen molar-refractivity contribution in [2.45, 2.75) is 6.42 Å². The minimum atomic E-state index is -0.318. The second-order valence-electron chi connectivity index (χ2n) is 6.52. The van der Waals surface area contributed by atoms with Crippen LogP contribution in [0.2, 0.25) is 5.02 Å². The standard InChI is InChI=1S/C22H16ClN5O2/c23-17-9-5-15(6-10-17)13-25-27-21(29)16-7-3-14(4-8-16)12-19-20-18(2-1-11-24-20)22(30)28-26-19/h1-11,13H,12H2,(H,27,29)(H,28,30)/b25-13+. The summed E-state index contributed by atoms with van der Waals surface area (Å²) in [6.45, 7) is 0. The van der Waals surface area contributed by atoms with E-state index in [9.17, 15) is 9.59 Å². The van der Waals surface area contributed by atoms with Gasteiger partial charge in [0.05, 0.1) is 22.8 Å². The number of rotatable bonds is 5. The molecule has 0 radical (unpaired) electrons. The van der Waals surface area contributed by atoms with Crippen LogP contribution in [0.25, 0.3) is 10.9 Å². The first-order valence-electron chi connectivity index (χ1n) is 9.10. The van der Waals surface area contributed by atoms with Gasteiger partial charge in [-0.1, -0.05) is 35.9 Å². The van der Waals surface area contributed by atoms with Gasteiger partial charge < -0.3 is 0 Å². The summed E-state index contributed by atoms with van der Waals surface area (Å²) >= 11 is 5.84. The number of carbonyl (C=O) groups is 1. The maximum absolute atomic E-state index is 12.3. The average Bonchev–Trinajstić information content (AvgIpc) is 2.78. The van der Waals surface area contributed by atoms with E-state index in [1.807, 2.05) is 12.1 Å². The lowest BCUT2D eigenvalue weighted by Gasteiger charge is -2.05. The zero-order valence-electron chi connectivity index (χ0n) is 15.7. The molecule has 0 bridgehead atoms. The molecule has 1 amide bonds. The van der Waals surface area contributed by atoms with Crippen molar-refractivity contribution >= 4 is 34.6 Å². The summed E-state index contributed by atoms with van der Waals surface area (Å²) < 4.78 is 0. The number of hydrazone groups is 1. The minimum Gasteiger partial charge on any atom is -0.267 e. The second kappa shape index (κ2) is 8.67. The molecule has 30 heavy (non-hydrogen) atoms. The fraction of sp³-hybridized carbons (Fsp3) is 0.0455. The molecule has 148 valence electrons. The van der Waals surface area contributed by atoms with E-state index < -0.39 is 0 Å². The summed E-state index contributed by atoms with van der Waals surface area (Å²) in [4.78, 5) is 28.4. The number of hydrogen-bond acceptors (Lipinski definition) is 5. The molecule has 7 nitrogen and oxygen atoms in total. The quantitative estimate of drug-likeness (QED) is 0.384. The lowest BCUT2D eigenvalue weighted by Crippen LogP contribution is -2.17. The van der Waals surface area contributed by atoms with Gasteiger partial charge in [0.25, 0.3) is 11.5 Å². The van der Waals surface area contributed by atoms with Gasteiger partial charge in [-0.05, 0) is 47.5 Å². The van der Waals surface area contributed by atoms with Crippen LogP contribution in [0.3, 0.4) is 0 Å².